The molecule has 0 bridgehead atoms. The van der Waals surface area contributed by atoms with Crippen molar-refractivity contribution in [2.75, 3.05) is 0 Å². The van der Waals surface area contributed by atoms with Crippen LogP contribution in [0.4, 0.5) is 0 Å². The van der Waals surface area contributed by atoms with Crippen molar-refractivity contribution in [3.05, 3.63) is 79.4 Å². The summed E-state index contributed by atoms with van der Waals surface area (Å²) in [6.45, 7) is 0. The molecule has 7 nitrogen and oxygen atoms in total. The van der Waals surface area contributed by atoms with E-state index in [1.54, 1.807) is 18.6 Å². The first-order valence-electron chi connectivity index (χ1n) is 9.52. The molecule has 5 aromatic heterocycles. The molecular weight excluding hydrogens is 374 g/mol. The van der Waals surface area contributed by atoms with Crippen LogP contribution in [0.25, 0.3) is 56.0 Å². The van der Waals surface area contributed by atoms with Gasteiger partial charge in [-0.2, -0.15) is 5.10 Å². The van der Waals surface area contributed by atoms with Crippen LogP contribution >= 0.6 is 0 Å². The maximum absolute atomic E-state index is 4.84. The van der Waals surface area contributed by atoms with Crippen molar-refractivity contribution >= 4 is 22.1 Å². The Morgan fingerprint density at radius 1 is 0.800 bits per heavy atom. The molecule has 0 aliphatic heterocycles. The summed E-state index contributed by atoms with van der Waals surface area (Å²) >= 11 is 0. The molecule has 2 N–H and O–H groups in total. The van der Waals surface area contributed by atoms with Crippen LogP contribution in [0.5, 0.6) is 0 Å². The number of imidazole rings is 1. The average molecular weight is 389 g/mol. The van der Waals surface area contributed by atoms with E-state index in [1.807, 2.05) is 54.7 Å². The second kappa shape index (κ2) is 6.59. The van der Waals surface area contributed by atoms with Crippen LogP contribution in [0.1, 0.15) is 0 Å². The standard InChI is InChI=1S/C23H15N7/c1-2-10-25-18(5-1)14-6-7-19-17(12-14)21(30-29-19)23-27-20-16(8-11-26-22(20)28-23)15-4-3-9-24-13-15/h1-13H,(H,29,30)(H,26,27,28). The number of nitrogens with one attached hydrogen (secondary N) is 2. The Balaban J connectivity index is 1.52. The quantitative estimate of drug-likeness (QED) is 0.460. The summed E-state index contributed by atoms with van der Waals surface area (Å²) in [5.74, 6) is 0.665. The van der Waals surface area contributed by atoms with E-state index in [9.17, 15) is 0 Å². The SMILES string of the molecule is c1ccc(-c2ccc3[nH]nc(-c4nc5c(-c6cccnc6)ccnc5[nH]4)c3c2)nc1. The van der Waals surface area contributed by atoms with Crippen molar-refractivity contribution in [2.24, 2.45) is 0 Å². The second-order valence-electron chi connectivity index (χ2n) is 6.93. The molecule has 0 saturated carbocycles. The fraction of sp³-hybridized carbons (Fsp3) is 0. The van der Waals surface area contributed by atoms with E-state index in [2.05, 4.69) is 36.2 Å². The third-order valence-corrected chi connectivity index (χ3v) is 5.11. The number of nitrogens with zero attached hydrogens (tertiary/aromatic N) is 5. The molecule has 142 valence electrons. The van der Waals surface area contributed by atoms with Crippen molar-refractivity contribution in [2.45, 2.75) is 0 Å². The Hall–Kier alpha value is -4.39. The highest BCUT2D eigenvalue weighted by atomic mass is 15.1. The molecule has 0 spiro atoms. The molecule has 1 aromatic carbocycles. The molecular formula is C23H15N7. The summed E-state index contributed by atoms with van der Waals surface area (Å²) in [6.07, 6.45) is 7.15. The van der Waals surface area contributed by atoms with Crippen molar-refractivity contribution < 1.29 is 0 Å². The van der Waals surface area contributed by atoms with Gasteiger partial charge in [0.05, 0.1) is 11.2 Å². The van der Waals surface area contributed by atoms with Gasteiger partial charge in [-0.3, -0.25) is 15.1 Å². The van der Waals surface area contributed by atoms with Crippen LogP contribution in [0, 0.1) is 0 Å². The van der Waals surface area contributed by atoms with Gasteiger partial charge in [-0.1, -0.05) is 18.2 Å². The van der Waals surface area contributed by atoms with Crippen LogP contribution in [0.2, 0.25) is 0 Å². The topological polar surface area (TPSA) is 96.0 Å². The van der Waals surface area contributed by atoms with Crippen LogP contribution in [-0.4, -0.2) is 35.1 Å². The lowest BCUT2D eigenvalue weighted by atomic mass is 10.1. The number of fused-ring (bicyclic) bond motifs is 2. The largest absolute Gasteiger partial charge is 0.321 e. The number of pyridine rings is 3. The number of aromatic amines is 2. The summed E-state index contributed by atoms with van der Waals surface area (Å²) in [4.78, 5) is 21.3. The number of aromatic nitrogens is 7. The first-order chi connectivity index (χ1) is 14.9. The Labute approximate surface area is 170 Å². The van der Waals surface area contributed by atoms with Gasteiger partial charge in [0.1, 0.15) is 11.2 Å². The normalized spacial score (nSPS) is 11.3. The highest BCUT2D eigenvalue weighted by Gasteiger charge is 2.16. The number of hydrogen-bond donors (Lipinski definition) is 2. The maximum atomic E-state index is 4.84. The van der Waals surface area contributed by atoms with Gasteiger partial charge in [-0.15, -0.1) is 0 Å². The summed E-state index contributed by atoms with van der Waals surface area (Å²) in [5.41, 5.74) is 7.09. The zero-order chi connectivity index (χ0) is 19.9. The van der Waals surface area contributed by atoms with Gasteiger partial charge in [-0.25, -0.2) is 9.97 Å². The highest BCUT2D eigenvalue weighted by Crippen LogP contribution is 2.31. The average Bonchev–Trinajstić information content (AvgIpc) is 3.43. The van der Waals surface area contributed by atoms with E-state index in [1.165, 1.54) is 0 Å². The van der Waals surface area contributed by atoms with Crippen LogP contribution < -0.4 is 0 Å². The monoisotopic (exact) mass is 389 g/mol. The van der Waals surface area contributed by atoms with Gasteiger partial charge < -0.3 is 4.98 Å². The van der Waals surface area contributed by atoms with Gasteiger partial charge in [0.25, 0.3) is 0 Å². The van der Waals surface area contributed by atoms with Crippen molar-refractivity contribution in [1.82, 2.24) is 35.1 Å². The number of benzene rings is 1. The van der Waals surface area contributed by atoms with E-state index in [4.69, 9.17) is 4.98 Å². The molecule has 0 amide bonds. The highest BCUT2D eigenvalue weighted by molar-refractivity contribution is 5.97. The first-order valence-corrected chi connectivity index (χ1v) is 9.52. The smallest absolute Gasteiger partial charge is 0.160 e. The van der Waals surface area contributed by atoms with E-state index in [0.29, 0.717) is 11.5 Å². The van der Waals surface area contributed by atoms with Crippen LogP contribution in [-0.2, 0) is 0 Å². The third kappa shape index (κ3) is 2.64. The van der Waals surface area contributed by atoms with E-state index < -0.39 is 0 Å². The Morgan fingerprint density at radius 2 is 1.80 bits per heavy atom. The second-order valence-corrected chi connectivity index (χ2v) is 6.93. The summed E-state index contributed by atoms with van der Waals surface area (Å²) < 4.78 is 0. The van der Waals surface area contributed by atoms with E-state index in [0.717, 1.165) is 44.5 Å². The van der Waals surface area contributed by atoms with E-state index >= 15 is 0 Å². The third-order valence-electron chi connectivity index (χ3n) is 5.11. The molecule has 0 saturated heterocycles. The summed E-state index contributed by atoms with van der Waals surface area (Å²) in [5, 5.41) is 8.59. The lowest BCUT2D eigenvalue weighted by Crippen LogP contribution is -1.84. The van der Waals surface area contributed by atoms with Gasteiger partial charge >= 0.3 is 0 Å². The summed E-state index contributed by atoms with van der Waals surface area (Å²) in [7, 11) is 0. The molecule has 0 atom stereocenters. The molecule has 7 heteroatoms. The van der Waals surface area contributed by atoms with Gasteiger partial charge in [-0.05, 0) is 36.4 Å². The molecule has 0 aliphatic carbocycles. The molecule has 6 rings (SSSR count). The van der Waals surface area contributed by atoms with E-state index in [-0.39, 0.29) is 0 Å². The zero-order valence-electron chi connectivity index (χ0n) is 15.7. The molecule has 0 aliphatic rings. The number of rotatable bonds is 3. The predicted octanol–water partition coefficient (Wildman–Crippen LogP) is 4.63. The van der Waals surface area contributed by atoms with Crippen LogP contribution in [0.15, 0.2) is 79.4 Å². The van der Waals surface area contributed by atoms with Crippen LogP contribution in [0.3, 0.4) is 0 Å². The number of hydrogen-bond acceptors (Lipinski definition) is 5. The molecule has 5 heterocycles. The summed E-state index contributed by atoms with van der Waals surface area (Å²) in [6, 6.07) is 17.9. The lowest BCUT2D eigenvalue weighted by molar-refractivity contribution is 1.10. The minimum Gasteiger partial charge on any atom is -0.321 e. The molecule has 0 unspecified atom stereocenters. The van der Waals surface area contributed by atoms with Crippen molar-refractivity contribution in [1.29, 1.82) is 0 Å². The Morgan fingerprint density at radius 3 is 2.67 bits per heavy atom. The maximum Gasteiger partial charge on any atom is 0.160 e. The van der Waals surface area contributed by atoms with Crippen molar-refractivity contribution in [3.8, 4) is 33.9 Å². The van der Waals surface area contributed by atoms with Gasteiger partial charge in [0.2, 0.25) is 0 Å². The van der Waals surface area contributed by atoms with Gasteiger partial charge in [0, 0.05) is 46.9 Å². The molecule has 0 radical (unpaired) electrons. The predicted molar refractivity (Wildman–Crippen MR) is 115 cm³/mol. The fourth-order valence-corrected chi connectivity index (χ4v) is 3.67. The first kappa shape index (κ1) is 16.6. The molecule has 6 aromatic rings. The Kier molecular flexibility index (Phi) is 3.64. The lowest BCUT2D eigenvalue weighted by Gasteiger charge is -2.01. The van der Waals surface area contributed by atoms with Crippen molar-refractivity contribution in [3.63, 3.8) is 0 Å². The fourth-order valence-electron chi connectivity index (χ4n) is 3.67. The number of H-pyrrole nitrogens is 2. The molecule has 0 fully saturated rings. The minimum absolute atomic E-state index is 0.665. The molecule has 30 heavy (non-hydrogen) atoms. The van der Waals surface area contributed by atoms with Gasteiger partial charge in [0.15, 0.2) is 11.5 Å². The Bertz CT molecular complexity index is 1480. The minimum atomic E-state index is 0.665. The zero-order valence-corrected chi connectivity index (χ0v) is 15.7.